The molecule has 2 aromatic carbocycles. The van der Waals surface area contributed by atoms with E-state index < -0.39 is 0 Å². The highest BCUT2D eigenvalue weighted by Crippen LogP contribution is 2.32. The minimum atomic E-state index is 0.607. The number of hydrogen-bond donors (Lipinski definition) is 0. The van der Waals surface area contributed by atoms with Gasteiger partial charge in [-0.1, -0.05) is 26.0 Å². The van der Waals surface area contributed by atoms with Gasteiger partial charge in [0.05, 0.1) is 11.4 Å². The van der Waals surface area contributed by atoms with Gasteiger partial charge in [0, 0.05) is 0 Å². The van der Waals surface area contributed by atoms with Gasteiger partial charge in [0.2, 0.25) is 12.2 Å². The van der Waals surface area contributed by atoms with Crippen LogP contribution in [0.1, 0.15) is 25.0 Å². The molecular weight excluding hydrogens is 276 g/mol. The van der Waals surface area contributed by atoms with Crippen molar-refractivity contribution in [2.45, 2.75) is 26.7 Å². The van der Waals surface area contributed by atoms with E-state index in [1.54, 1.807) is 24.3 Å². The van der Waals surface area contributed by atoms with Crippen molar-refractivity contribution in [1.82, 2.24) is 0 Å². The van der Waals surface area contributed by atoms with Crippen LogP contribution in [-0.4, -0.2) is 12.2 Å². The Balaban J connectivity index is 2.60. The first kappa shape index (κ1) is 15.6. The van der Waals surface area contributed by atoms with Gasteiger partial charge in [-0.25, -0.2) is 9.59 Å². The Hall–Kier alpha value is -2.80. The Morgan fingerprint density at radius 2 is 1.18 bits per heavy atom. The molecule has 0 radical (unpaired) electrons. The van der Waals surface area contributed by atoms with Crippen LogP contribution in [0, 0.1) is 0 Å². The van der Waals surface area contributed by atoms with Crippen molar-refractivity contribution in [3.05, 3.63) is 47.5 Å². The molecule has 4 nitrogen and oxygen atoms in total. The fourth-order valence-electron chi connectivity index (χ4n) is 2.52. The van der Waals surface area contributed by atoms with Crippen molar-refractivity contribution in [1.29, 1.82) is 0 Å². The molecule has 0 heterocycles. The van der Waals surface area contributed by atoms with Crippen LogP contribution in [0.4, 0.5) is 11.4 Å². The summed E-state index contributed by atoms with van der Waals surface area (Å²) in [4.78, 5) is 28.1. The number of isocyanates is 2. The first-order valence-corrected chi connectivity index (χ1v) is 7.15. The van der Waals surface area contributed by atoms with Gasteiger partial charge in [-0.3, -0.25) is 0 Å². The summed E-state index contributed by atoms with van der Waals surface area (Å²) in [6, 6.07) is 11.3. The van der Waals surface area contributed by atoms with Gasteiger partial charge in [0.1, 0.15) is 0 Å². The zero-order valence-electron chi connectivity index (χ0n) is 12.6. The molecule has 0 aliphatic heterocycles. The van der Waals surface area contributed by atoms with Crippen molar-refractivity contribution in [3.8, 4) is 11.1 Å². The van der Waals surface area contributed by atoms with Crippen molar-refractivity contribution < 1.29 is 9.59 Å². The molecule has 22 heavy (non-hydrogen) atoms. The monoisotopic (exact) mass is 292 g/mol. The summed E-state index contributed by atoms with van der Waals surface area (Å²) < 4.78 is 0. The molecule has 0 unspecified atom stereocenters. The van der Waals surface area contributed by atoms with Crippen LogP contribution in [0.15, 0.2) is 46.4 Å². The third kappa shape index (κ3) is 3.26. The first-order chi connectivity index (χ1) is 10.7. The summed E-state index contributed by atoms with van der Waals surface area (Å²) in [6.45, 7) is 4.12. The fourth-order valence-corrected chi connectivity index (χ4v) is 2.52. The van der Waals surface area contributed by atoms with Gasteiger partial charge in [-0.15, -0.1) is 0 Å². The lowest BCUT2D eigenvalue weighted by atomic mass is 9.92. The highest BCUT2D eigenvalue weighted by Gasteiger charge is 2.10. The Morgan fingerprint density at radius 1 is 0.773 bits per heavy atom. The maximum absolute atomic E-state index is 10.4. The predicted molar refractivity (Wildman–Crippen MR) is 86.2 cm³/mol. The topological polar surface area (TPSA) is 58.9 Å². The maximum Gasteiger partial charge on any atom is 0.240 e. The zero-order valence-corrected chi connectivity index (χ0v) is 12.6. The molecule has 2 aromatic rings. The number of hydrogen-bond acceptors (Lipinski definition) is 4. The lowest BCUT2D eigenvalue weighted by Crippen LogP contribution is -1.92. The lowest BCUT2D eigenvalue weighted by Gasteiger charge is -2.13. The number of nitrogens with zero attached hydrogens (tertiary/aromatic N) is 2. The molecule has 0 bridgehead atoms. The van der Waals surface area contributed by atoms with Gasteiger partial charge in [-0.05, 0) is 59.4 Å². The SMILES string of the molecule is CCc1cc(N=C=O)ccc1-c1ccc(N=C=O)cc1CC. The van der Waals surface area contributed by atoms with Gasteiger partial charge in [0.25, 0.3) is 0 Å². The summed E-state index contributed by atoms with van der Waals surface area (Å²) >= 11 is 0. The standard InChI is InChI=1S/C18H16N2O2/c1-3-13-9-15(19-11-21)5-7-17(13)18-8-6-16(20-12-22)10-14(18)4-2/h5-10H,3-4H2,1-2H3. The van der Waals surface area contributed by atoms with Crippen LogP contribution in [0.5, 0.6) is 0 Å². The quantitative estimate of drug-likeness (QED) is 0.605. The van der Waals surface area contributed by atoms with Crippen LogP contribution in [0.3, 0.4) is 0 Å². The van der Waals surface area contributed by atoms with Crippen molar-refractivity contribution in [3.63, 3.8) is 0 Å². The van der Waals surface area contributed by atoms with E-state index in [-0.39, 0.29) is 0 Å². The lowest BCUT2D eigenvalue weighted by molar-refractivity contribution is 0.564. The van der Waals surface area contributed by atoms with E-state index in [1.807, 2.05) is 24.3 Å². The van der Waals surface area contributed by atoms with Crippen LogP contribution in [0.25, 0.3) is 11.1 Å². The van der Waals surface area contributed by atoms with Crippen LogP contribution in [0.2, 0.25) is 0 Å². The summed E-state index contributed by atoms with van der Waals surface area (Å²) in [6.07, 6.45) is 4.79. The Morgan fingerprint density at radius 3 is 1.50 bits per heavy atom. The van der Waals surface area contributed by atoms with Crippen molar-refractivity contribution in [2.24, 2.45) is 9.98 Å². The number of aryl methyl sites for hydroxylation is 2. The number of rotatable bonds is 5. The van der Waals surface area contributed by atoms with Crippen LogP contribution < -0.4 is 0 Å². The second-order valence-corrected chi connectivity index (χ2v) is 4.80. The first-order valence-electron chi connectivity index (χ1n) is 7.15. The molecule has 0 saturated heterocycles. The van der Waals surface area contributed by atoms with Crippen molar-refractivity contribution >= 4 is 23.5 Å². The summed E-state index contributed by atoms with van der Waals surface area (Å²) in [5.41, 5.74) is 5.64. The minimum Gasteiger partial charge on any atom is -0.211 e. The second kappa shape index (κ2) is 7.28. The van der Waals surface area contributed by atoms with Gasteiger partial charge >= 0.3 is 0 Å². The van der Waals surface area contributed by atoms with Gasteiger partial charge in [-0.2, -0.15) is 9.98 Å². The number of aliphatic imine (C=N–C) groups is 2. The van der Waals surface area contributed by atoms with E-state index in [4.69, 9.17) is 0 Å². The van der Waals surface area contributed by atoms with Crippen LogP contribution >= 0.6 is 0 Å². The molecule has 2 rings (SSSR count). The number of carbonyl (C=O) groups excluding carboxylic acids is 2. The maximum atomic E-state index is 10.4. The Kier molecular flexibility index (Phi) is 5.16. The van der Waals surface area contributed by atoms with Gasteiger partial charge in [0.15, 0.2) is 0 Å². The van der Waals surface area contributed by atoms with E-state index in [2.05, 4.69) is 23.8 Å². The minimum absolute atomic E-state index is 0.607. The van der Waals surface area contributed by atoms with Crippen LogP contribution in [-0.2, 0) is 22.4 Å². The highest BCUT2D eigenvalue weighted by atomic mass is 16.1. The molecule has 0 N–H and O–H groups in total. The molecule has 0 aliphatic rings. The molecule has 0 amide bonds. The van der Waals surface area contributed by atoms with E-state index in [9.17, 15) is 9.59 Å². The normalized spacial score (nSPS) is 9.73. The third-order valence-electron chi connectivity index (χ3n) is 3.58. The average Bonchev–Trinajstić information content (AvgIpc) is 2.55. The molecule has 0 aromatic heterocycles. The van der Waals surface area contributed by atoms with E-state index >= 15 is 0 Å². The molecule has 0 atom stereocenters. The van der Waals surface area contributed by atoms with E-state index in [1.165, 1.54) is 0 Å². The van der Waals surface area contributed by atoms with E-state index in [0.717, 1.165) is 35.1 Å². The summed E-state index contributed by atoms with van der Waals surface area (Å²) in [5, 5.41) is 0. The molecular formula is C18H16N2O2. The summed E-state index contributed by atoms with van der Waals surface area (Å²) in [5.74, 6) is 0. The largest absolute Gasteiger partial charge is 0.240 e. The molecule has 0 fully saturated rings. The Bertz CT molecular complexity index is 716. The summed E-state index contributed by atoms with van der Waals surface area (Å²) in [7, 11) is 0. The van der Waals surface area contributed by atoms with Gasteiger partial charge < -0.3 is 0 Å². The predicted octanol–water partition coefficient (Wildman–Crippen LogP) is 4.41. The Labute approximate surface area is 129 Å². The molecule has 0 aliphatic carbocycles. The highest BCUT2D eigenvalue weighted by molar-refractivity contribution is 5.75. The molecule has 4 heteroatoms. The average molecular weight is 292 g/mol. The zero-order chi connectivity index (χ0) is 15.9. The number of benzene rings is 2. The smallest absolute Gasteiger partial charge is 0.211 e. The fraction of sp³-hybridized carbons (Fsp3) is 0.222. The molecule has 110 valence electrons. The van der Waals surface area contributed by atoms with Crippen molar-refractivity contribution in [2.75, 3.05) is 0 Å². The second-order valence-electron chi connectivity index (χ2n) is 4.80. The molecule has 0 saturated carbocycles. The molecule has 0 spiro atoms. The third-order valence-corrected chi connectivity index (χ3v) is 3.58. The van der Waals surface area contributed by atoms with E-state index in [0.29, 0.717) is 11.4 Å².